The largest absolute Gasteiger partial charge is 0.396 e. The first kappa shape index (κ1) is 8.88. The number of hydrogen-bond donors (Lipinski definition) is 3. The van der Waals surface area contributed by atoms with Gasteiger partial charge in [0, 0.05) is 13.2 Å². The highest BCUT2D eigenvalue weighted by atomic mass is 16.2. The van der Waals surface area contributed by atoms with E-state index in [2.05, 4.69) is 5.43 Å². The molecule has 0 spiro atoms. The van der Waals surface area contributed by atoms with Crippen molar-refractivity contribution in [1.29, 1.82) is 0 Å². The van der Waals surface area contributed by atoms with Crippen LogP contribution in [0.4, 0.5) is 0 Å². The van der Waals surface area contributed by atoms with Crippen LogP contribution in [0.3, 0.4) is 0 Å². The van der Waals surface area contributed by atoms with E-state index in [1.165, 1.54) is 0 Å². The van der Waals surface area contributed by atoms with Crippen LogP contribution in [0.1, 0.15) is 25.7 Å². The van der Waals surface area contributed by atoms with E-state index in [4.69, 9.17) is 10.9 Å². The van der Waals surface area contributed by atoms with Crippen LogP contribution >= 0.6 is 0 Å². The van der Waals surface area contributed by atoms with Gasteiger partial charge in [-0.1, -0.05) is 12.8 Å². The molecule has 0 radical (unpaired) electrons. The number of aliphatic hydroxyl groups excluding tert-OH is 1. The number of nitrogens with two attached hydrogens (primary N) is 1. The molecule has 9 heavy (non-hydrogen) atoms. The second-order valence-electron chi connectivity index (χ2n) is 2.09. The lowest BCUT2D eigenvalue weighted by molar-refractivity contribution is 0.282. The Morgan fingerprint density at radius 1 is 1.11 bits per heavy atom. The molecule has 0 heterocycles. The zero-order valence-electron chi connectivity index (χ0n) is 5.77. The lowest BCUT2D eigenvalue weighted by Crippen LogP contribution is -2.22. The monoisotopic (exact) mass is 132 g/mol. The van der Waals surface area contributed by atoms with Crippen LogP contribution in [-0.2, 0) is 0 Å². The first-order chi connectivity index (χ1) is 4.41. The maximum Gasteiger partial charge on any atom is 0.0431 e. The molecule has 3 nitrogen and oxygen atoms in total. The first-order valence-corrected chi connectivity index (χ1v) is 3.46. The minimum atomic E-state index is 0.316. The molecule has 0 aromatic heterocycles. The SMILES string of the molecule is NNCCCCCCO. The van der Waals surface area contributed by atoms with Crippen molar-refractivity contribution in [3.63, 3.8) is 0 Å². The lowest BCUT2D eigenvalue weighted by atomic mass is 10.2. The van der Waals surface area contributed by atoms with Crippen molar-refractivity contribution < 1.29 is 5.11 Å². The molecule has 0 aliphatic rings. The molecule has 0 unspecified atom stereocenters. The summed E-state index contributed by atoms with van der Waals surface area (Å²) >= 11 is 0. The van der Waals surface area contributed by atoms with Crippen LogP contribution in [0.15, 0.2) is 0 Å². The molecule has 4 N–H and O–H groups in total. The van der Waals surface area contributed by atoms with Crippen LogP contribution in [0.5, 0.6) is 0 Å². The summed E-state index contributed by atoms with van der Waals surface area (Å²) in [7, 11) is 0. The van der Waals surface area contributed by atoms with Crippen molar-refractivity contribution in [3.05, 3.63) is 0 Å². The Labute approximate surface area is 56.2 Å². The fraction of sp³-hybridized carbons (Fsp3) is 1.00. The van der Waals surface area contributed by atoms with E-state index >= 15 is 0 Å². The minimum absolute atomic E-state index is 0.316. The third kappa shape index (κ3) is 7.88. The van der Waals surface area contributed by atoms with Crippen molar-refractivity contribution in [3.8, 4) is 0 Å². The standard InChI is InChI=1S/C6H16N2O/c7-8-5-3-1-2-4-6-9/h8-9H,1-7H2. The summed E-state index contributed by atoms with van der Waals surface area (Å²) in [4.78, 5) is 0. The summed E-state index contributed by atoms with van der Waals surface area (Å²) in [6, 6.07) is 0. The Kier molecular flexibility index (Phi) is 7.77. The second kappa shape index (κ2) is 7.88. The van der Waals surface area contributed by atoms with Crippen LogP contribution in [-0.4, -0.2) is 18.3 Å². The number of hydrazine groups is 1. The first-order valence-electron chi connectivity index (χ1n) is 3.46. The van der Waals surface area contributed by atoms with Crippen LogP contribution in [0.2, 0.25) is 0 Å². The van der Waals surface area contributed by atoms with Crippen molar-refractivity contribution >= 4 is 0 Å². The summed E-state index contributed by atoms with van der Waals surface area (Å²) in [5.41, 5.74) is 2.58. The quantitative estimate of drug-likeness (QED) is 0.271. The van der Waals surface area contributed by atoms with Gasteiger partial charge in [-0.3, -0.25) is 11.3 Å². The van der Waals surface area contributed by atoms with Gasteiger partial charge in [0.25, 0.3) is 0 Å². The Morgan fingerprint density at radius 3 is 2.33 bits per heavy atom. The maximum atomic E-state index is 8.38. The molecule has 0 atom stereocenters. The molecule has 0 amide bonds. The smallest absolute Gasteiger partial charge is 0.0431 e. The highest BCUT2D eigenvalue weighted by molar-refractivity contribution is 4.42. The summed E-state index contributed by atoms with van der Waals surface area (Å²) in [6.45, 7) is 1.20. The summed E-state index contributed by atoms with van der Waals surface area (Å²) in [5, 5.41) is 8.38. The third-order valence-electron chi connectivity index (χ3n) is 1.23. The van der Waals surface area contributed by atoms with Gasteiger partial charge in [0.15, 0.2) is 0 Å². The summed E-state index contributed by atoms with van der Waals surface area (Å²) in [6.07, 6.45) is 4.30. The van der Waals surface area contributed by atoms with E-state index in [9.17, 15) is 0 Å². The molecule has 0 saturated carbocycles. The predicted octanol–water partition coefficient (Wildman–Crippen LogP) is 0.00240. The van der Waals surface area contributed by atoms with Gasteiger partial charge in [0.2, 0.25) is 0 Å². The van der Waals surface area contributed by atoms with Crippen molar-refractivity contribution in [2.45, 2.75) is 25.7 Å². The predicted molar refractivity (Wildman–Crippen MR) is 37.7 cm³/mol. The molecule has 0 aliphatic heterocycles. The molecule has 0 rings (SSSR count). The van der Waals surface area contributed by atoms with Gasteiger partial charge < -0.3 is 5.11 Å². The fourth-order valence-electron chi connectivity index (χ4n) is 0.692. The number of aliphatic hydroxyl groups is 1. The van der Waals surface area contributed by atoms with E-state index < -0.39 is 0 Å². The summed E-state index contributed by atoms with van der Waals surface area (Å²) < 4.78 is 0. The van der Waals surface area contributed by atoms with Gasteiger partial charge in [-0.15, -0.1) is 0 Å². The minimum Gasteiger partial charge on any atom is -0.396 e. The average Bonchev–Trinajstić information content (AvgIpc) is 1.89. The third-order valence-corrected chi connectivity index (χ3v) is 1.23. The second-order valence-corrected chi connectivity index (χ2v) is 2.09. The molecule has 0 aliphatic carbocycles. The topological polar surface area (TPSA) is 58.3 Å². The number of rotatable bonds is 6. The van der Waals surface area contributed by atoms with Crippen LogP contribution in [0, 0.1) is 0 Å². The van der Waals surface area contributed by atoms with E-state index in [-0.39, 0.29) is 0 Å². The zero-order chi connectivity index (χ0) is 6.95. The Balaban J connectivity index is 2.60. The van der Waals surface area contributed by atoms with E-state index in [0.717, 1.165) is 32.2 Å². The van der Waals surface area contributed by atoms with E-state index in [1.54, 1.807) is 0 Å². The van der Waals surface area contributed by atoms with Crippen LogP contribution < -0.4 is 11.3 Å². The fourth-order valence-corrected chi connectivity index (χ4v) is 0.692. The maximum absolute atomic E-state index is 8.38. The van der Waals surface area contributed by atoms with Gasteiger partial charge in [0.05, 0.1) is 0 Å². The molecule has 0 aromatic carbocycles. The molecular formula is C6H16N2O. The van der Waals surface area contributed by atoms with E-state index in [0.29, 0.717) is 6.61 Å². The van der Waals surface area contributed by atoms with Crippen LogP contribution in [0.25, 0.3) is 0 Å². The molecule has 56 valence electrons. The molecule has 3 heteroatoms. The highest BCUT2D eigenvalue weighted by Gasteiger charge is 1.85. The van der Waals surface area contributed by atoms with Crippen molar-refractivity contribution in [2.75, 3.05) is 13.2 Å². The van der Waals surface area contributed by atoms with Crippen molar-refractivity contribution in [1.82, 2.24) is 5.43 Å². The Hall–Kier alpha value is -0.120. The number of unbranched alkanes of at least 4 members (excludes halogenated alkanes) is 3. The lowest BCUT2D eigenvalue weighted by Gasteiger charge is -1.97. The molecule has 0 saturated heterocycles. The highest BCUT2D eigenvalue weighted by Crippen LogP contribution is 1.96. The number of nitrogens with one attached hydrogen (secondary N) is 1. The zero-order valence-corrected chi connectivity index (χ0v) is 5.77. The molecular weight excluding hydrogens is 116 g/mol. The van der Waals surface area contributed by atoms with Crippen molar-refractivity contribution in [2.24, 2.45) is 5.84 Å². The van der Waals surface area contributed by atoms with Gasteiger partial charge in [-0.2, -0.15) is 0 Å². The van der Waals surface area contributed by atoms with E-state index in [1.807, 2.05) is 0 Å². The Morgan fingerprint density at radius 2 is 1.78 bits per heavy atom. The van der Waals surface area contributed by atoms with Gasteiger partial charge in [0.1, 0.15) is 0 Å². The number of hydrogen-bond acceptors (Lipinski definition) is 3. The summed E-state index contributed by atoms with van der Waals surface area (Å²) in [5.74, 6) is 5.04. The average molecular weight is 132 g/mol. The van der Waals surface area contributed by atoms with Gasteiger partial charge in [-0.05, 0) is 12.8 Å². The molecule has 0 bridgehead atoms. The molecule has 0 fully saturated rings. The van der Waals surface area contributed by atoms with Gasteiger partial charge in [-0.25, -0.2) is 0 Å². The normalized spacial score (nSPS) is 10.0. The Bertz CT molecular complexity index is 44.3. The van der Waals surface area contributed by atoms with Gasteiger partial charge >= 0.3 is 0 Å². The molecule has 0 aromatic rings.